The lowest BCUT2D eigenvalue weighted by Gasteiger charge is -2.43. The highest BCUT2D eigenvalue weighted by atomic mass is 16.2. The maximum absolute atomic E-state index is 13.1. The maximum atomic E-state index is 13.1. The largest absolute Gasteiger partial charge is 0.362 e. The van der Waals surface area contributed by atoms with Gasteiger partial charge < -0.3 is 4.90 Å². The molecule has 0 saturated heterocycles. The van der Waals surface area contributed by atoms with E-state index < -0.39 is 0 Å². The Kier molecular flexibility index (Phi) is 5.34. The number of hydrogen-bond donors (Lipinski definition) is 0. The summed E-state index contributed by atoms with van der Waals surface area (Å²) in [5.74, 6) is -0.0816. The molecule has 0 aromatic heterocycles. The molecule has 0 N–H and O–H groups in total. The third kappa shape index (κ3) is 3.71. The van der Waals surface area contributed by atoms with Crippen LogP contribution in [0.1, 0.15) is 57.7 Å². The van der Waals surface area contributed by atoms with Crippen molar-refractivity contribution in [1.29, 1.82) is 0 Å². The van der Waals surface area contributed by atoms with E-state index in [-0.39, 0.29) is 11.4 Å². The Balaban J connectivity index is 1.76. The zero-order valence-corrected chi connectivity index (χ0v) is 19.4. The van der Waals surface area contributed by atoms with Crippen molar-refractivity contribution in [2.75, 3.05) is 16.5 Å². The van der Waals surface area contributed by atoms with Gasteiger partial charge in [0.05, 0.1) is 22.5 Å². The molecule has 0 aliphatic carbocycles. The SMILES string of the molecule is CCCN1c2cc(C)c(/C=C3\C(=O)N(c4ccccc4)N=C3C)cc2C(C)=CC1(C)C. The zero-order chi connectivity index (χ0) is 22.3. The Labute approximate surface area is 185 Å². The summed E-state index contributed by atoms with van der Waals surface area (Å²) in [6, 6.07) is 14.1. The number of hydrogen-bond acceptors (Lipinski definition) is 3. The zero-order valence-electron chi connectivity index (χ0n) is 19.4. The van der Waals surface area contributed by atoms with Crippen molar-refractivity contribution in [2.24, 2.45) is 5.10 Å². The van der Waals surface area contributed by atoms with Gasteiger partial charge in [-0.3, -0.25) is 4.79 Å². The van der Waals surface area contributed by atoms with Gasteiger partial charge in [0.15, 0.2) is 0 Å². The predicted molar refractivity (Wildman–Crippen MR) is 132 cm³/mol. The fourth-order valence-electron chi connectivity index (χ4n) is 4.62. The second-order valence-corrected chi connectivity index (χ2v) is 9.05. The molecule has 0 atom stereocenters. The summed E-state index contributed by atoms with van der Waals surface area (Å²) >= 11 is 0. The van der Waals surface area contributed by atoms with Crippen LogP contribution in [0.15, 0.2) is 59.2 Å². The van der Waals surface area contributed by atoms with Gasteiger partial charge in [-0.05, 0) is 88.1 Å². The van der Waals surface area contributed by atoms with Crippen molar-refractivity contribution in [1.82, 2.24) is 0 Å². The van der Waals surface area contributed by atoms with Gasteiger partial charge in [0, 0.05) is 17.8 Å². The van der Waals surface area contributed by atoms with E-state index in [1.165, 1.54) is 21.8 Å². The number of carbonyl (C=O) groups excluding carboxylic acids is 1. The van der Waals surface area contributed by atoms with Gasteiger partial charge in [-0.1, -0.05) is 31.2 Å². The van der Waals surface area contributed by atoms with Crippen LogP contribution in [-0.4, -0.2) is 23.7 Å². The first-order valence-corrected chi connectivity index (χ1v) is 11.0. The average molecular weight is 414 g/mol. The number of para-hydroxylation sites is 1. The molecule has 2 aliphatic rings. The third-order valence-electron chi connectivity index (χ3n) is 6.18. The molecule has 4 rings (SSSR count). The number of benzene rings is 2. The van der Waals surface area contributed by atoms with Crippen molar-refractivity contribution < 1.29 is 4.79 Å². The summed E-state index contributed by atoms with van der Waals surface area (Å²) in [6.45, 7) is 14.0. The van der Waals surface area contributed by atoms with E-state index in [1.807, 2.05) is 43.3 Å². The summed E-state index contributed by atoms with van der Waals surface area (Å²) in [6.07, 6.45) is 5.44. The van der Waals surface area contributed by atoms with Crippen LogP contribution in [-0.2, 0) is 4.79 Å². The Bertz CT molecular complexity index is 1120. The van der Waals surface area contributed by atoms with Gasteiger partial charge in [-0.25, -0.2) is 0 Å². The molecule has 4 heteroatoms. The lowest BCUT2D eigenvalue weighted by atomic mass is 9.86. The summed E-state index contributed by atoms with van der Waals surface area (Å²) in [5, 5.41) is 6.01. The molecule has 2 heterocycles. The van der Waals surface area contributed by atoms with Gasteiger partial charge in [-0.2, -0.15) is 10.1 Å². The number of hydrazone groups is 1. The van der Waals surface area contributed by atoms with Gasteiger partial charge in [-0.15, -0.1) is 0 Å². The molecule has 1 amide bonds. The molecule has 2 aromatic rings. The third-order valence-corrected chi connectivity index (χ3v) is 6.18. The summed E-state index contributed by atoms with van der Waals surface area (Å²) in [4.78, 5) is 15.6. The highest BCUT2D eigenvalue weighted by molar-refractivity contribution is 6.32. The number of anilines is 2. The van der Waals surface area contributed by atoms with Crippen molar-refractivity contribution in [2.45, 2.75) is 53.5 Å². The molecule has 0 fully saturated rings. The van der Waals surface area contributed by atoms with Crippen LogP contribution < -0.4 is 9.91 Å². The monoisotopic (exact) mass is 413 g/mol. The molecule has 2 aliphatic heterocycles. The molecule has 160 valence electrons. The minimum Gasteiger partial charge on any atom is -0.362 e. The van der Waals surface area contributed by atoms with E-state index in [2.05, 4.69) is 62.8 Å². The molecule has 0 radical (unpaired) electrons. The minimum atomic E-state index is -0.0816. The highest BCUT2D eigenvalue weighted by Crippen LogP contribution is 2.41. The fourth-order valence-corrected chi connectivity index (χ4v) is 4.62. The Morgan fingerprint density at radius 3 is 2.45 bits per heavy atom. The first-order chi connectivity index (χ1) is 14.7. The van der Waals surface area contributed by atoms with E-state index in [9.17, 15) is 4.79 Å². The molecule has 0 saturated carbocycles. The average Bonchev–Trinajstić information content (AvgIpc) is 3.00. The van der Waals surface area contributed by atoms with Crippen molar-refractivity contribution >= 4 is 34.6 Å². The second kappa shape index (κ2) is 7.84. The number of rotatable bonds is 4. The predicted octanol–water partition coefficient (Wildman–Crippen LogP) is 6.21. The normalized spacial score (nSPS) is 18.9. The number of allylic oxidation sites excluding steroid dienone is 1. The molecule has 4 nitrogen and oxygen atoms in total. The molecular weight excluding hydrogens is 382 g/mol. The topological polar surface area (TPSA) is 35.9 Å². The number of fused-ring (bicyclic) bond motifs is 1. The summed E-state index contributed by atoms with van der Waals surface area (Å²) in [7, 11) is 0. The first-order valence-electron chi connectivity index (χ1n) is 11.0. The molecule has 2 aromatic carbocycles. The standard InChI is InChI=1S/C27H31N3O/c1-7-13-29-25-14-18(2)21(15-23(25)19(3)17-27(29,5)6)16-24-20(4)28-30(26(24)31)22-11-9-8-10-12-22/h8-12,14-17H,7,13H2,1-6H3/b24-16-. The van der Waals surface area contributed by atoms with Gasteiger partial charge in [0.25, 0.3) is 5.91 Å². The van der Waals surface area contributed by atoms with Crippen molar-refractivity contribution in [3.8, 4) is 0 Å². The smallest absolute Gasteiger partial charge is 0.280 e. The van der Waals surface area contributed by atoms with Gasteiger partial charge in [0.2, 0.25) is 0 Å². The van der Waals surface area contributed by atoms with Crippen LogP contribution in [0, 0.1) is 6.92 Å². The van der Waals surface area contributed by atoms with E-state index in [1.54, 1.807) is 0 Å². The van der Waals surface area contributed by atoms with Crippen LogP contribution in [0.2, 0.25) is 0 Å². The molecule has 0 spiro atoms. The number of amides is 1. The molecule has 0 bridgehead atoms. The molecule has 0 unspecified atom stereocenters. The van der Waals surface area contributed by atoms with E-state index >= 15 is 0 Å². The van der Waals surface area contributed by atoms with Crippen LogP contribution in [0.25, 0.3) is 11.6 Å². The minimum absolute atomic E-state index is 0.0135. The van der Waals surface area contributed by atoms with E-state index in [0.717, 1.165) is 35.5 Å². The Morgan fingerprint density at radius 2 is 1.77 bits per heavy atom. The Hall–Kier alpha value is -3.14. The highest BCUT2D eigenvalue weighted by Gasteiger charge is 2.32. The molecular formula is C27H31N3O. The molecule has 31 heavy (non-hydrogen) atoms. The number of nitrogens with zero attached hydrogens (tertiary/aromatic N) is 3. The summed E-state index contributed by atoms with van der Waals surface area (Å²) < 4.78 is 0. The van der Waals surface area contributed by atoms with E-state index in [4.69, 9.17) is 0 Å². The number of aryl methyl sites for hydroxylation is 1. The lowest BCUT2D eigenvalue weighted by molar-refractivity contribution is -0.114. The van der Waals surface area contributed by atoms with Gasteiger partial charge in [0.1, 0.15) is 0 Å². The van der Waals surface area contributed by atoms with Crippen LogP contribution in [0.5, 0.6) is 0 Å². The number of carbonyl (C=O) groups is 1. The van der Waals surface area contributed by atoms with Crippen LogP contribution in [0.4, 0.5) is 11.4 Å². The van der Waals surface area contributed by atoms with E-state index in [0.29, 0.717) is 5.57 Å². The maximum Gasteiger partial charge on any atom is 0.280 e. The van der Waals surface area contributed by atoms with Crippen LogP contribution >= 0.6 is 0 Å². The van der Waals surface area contributed by atoms with Crippen molar-refractivity contribution in [3.63, 3.8) is 0 Å². The van der Waals surface area contributed by atoms with Crippen molar-refractivity contribution in [3.05, 3.63) is 70.8 Å². The van der Waals surface area contributed by atoms with Crippen LogP contribution in [0.3, 0.4) is 0 Å². The fraction of sp³-hybridized carbons (Fsp3) is 0.333. The lowest BCUT2D eigenvalue weighted by Crippen LogP contribution is -2.45. The summed E-state index contributed by atoms with van der Waals surface area (Å²) in [5.41, 5.74) is 8.19. The Morgan fingerprint density at radius 1 is 1.06 bits per heavy atom. The quantitative estimate of drug-likeness (QED) is 0.558. The second-order valence-electron chi connectivity index (χ2n) is 9.05. The first kappa shape index (κ1) is 21.1. The van der Waals surface area contributed by atoms with Gasteiger partial charge >= 0.3 is 0 Å².